The Morgan fingerprint density at radius 2 is 2.00 bits per heavy atom. The van der Waals surface area contributed by atoms with Gasteiger partial charge in [0.25, 0.3) is 0 Å². The number of halogens is 1. The first kappa shape index (κ1) is 12.4. The Bertz CT molecular complexity index is 374. The van der Waals surface area contributed by atoms with Crippen molar-refractivity contribution in [1.29, 1.82) is 0 Å². The number of benzene rings is 1. The van der Waals surface area contributed by atoms with E-state index < -0.39 is 0 Å². The Labute approximate surface area is 102 Å². The molecule has 0 bridgehead atoms. The van der Waals surface area contributed by atoms with Crippen LogP contribution >= 0.6 is 0 Å². The maximum absolute atomic E-state index is 13.1. The molecule has 1 saturated carbocycles. The van der Waals surface area contributed by atoms with Crippen molar-refractivity contribution in [2.75, 3.05) is 0 Å². The van der Waals surface area contributed by atoms with Gasteiger partial charge in [-0.1, -0.05) is 19.3 Å². The van der Waals surface area contributed by atoms with Gasteiger partial charge in [-0.05, 0) is 38.0 Å². The van der Waals surface area contributed by atoms with Gasteiger partial charge in [-0.2, -0.15) is 0 Å². The Kier molecular flexibility index (Phi) is 4.00. The average molecular weight is 237 g/mol. The SMILES string of the molecule is CC(NC1CCCCC1)c1cc(F)ccc1O. The minimum absolute atomic E-state index is 0.00574. The first-order valence-electron chi connectivity index (χ1n) is 6.41. The van der Waals surface area contributed by atoms with E-state index in [1.807, 2.05) is 6.92 Å². The highest BCUT2D eigenvalue weighted by Crippen LogP contribution is 2.27. The smallest absolute Gasteiger partial charge is 0.123 e. The van der Waals surface area contributed by atoms with Crippen LogP contribution in [0.25, 0.3) is 0 Å². The molecule has 1 aliphatic carbocycles. The van der Waals surface area contributed by atoms with E-state index in [1.165, 1.54) is 50.3 Å². The molecular weight excluding hydrogens is 217 g/mol. The molecular formula is C14H20FNO. The van der Waals surface area contributed by atoms with E-state index in [9.17, 15) is 9.50 Å². The van der Waals surface area contributed by atoms with E-state index in [-0.39, 0.29) is 17.6 Å². The lowest BCUT2D eigenvalue weighted by atomic mass is 9.94. The van der Waals surface area contributed by atoms with Crippen molar-refractivity contribution in [1.82, 2.24) is 5.32 Å². The molecule has 2 N–H and O–H groups in total. The van der Waals surface area contributed by atoms with Gasteiger partial charge in [0.2, 0.25) is 0 Å². The Morgan fingerprint density at radius 1 is 1.29 bits per heavy atom. The van der Waals surface area contributed by atoms with Gasteiger partial charge in [-0.15, -0.1) is 0 Å². The third kappa shape index (κ3) is 3.19. The van der Waals surface area contributed by atoms with Gasteiger partial charge < -0.3 is 10.4 Å². The standard InChI is InChI=1S/C14H20FNO/c1-10(16-12-5-3-2-4-6-12)13-9-11(15)7-8-14(13)17/h7-10,12,16-17H,2-6H2,1H3. The molecule has 1 fully saturated rings. The molecule has 0 saturated heterocycles. The number of nitrogens with one attached hydrogen (secondary N) is 1. The molecule has 1 aromatic rings. The summed E-state index contributed by atoms with van der Waals surface area (Å²) in [5.74, 6) is -0.127. The normalized spacial score (nSPS) is 19.2. The molecule has 94 valence electrons. The number of rotatable bonds is 3. The van der Waals surface area contributed by atoms with Crippen molar-refractivity contribution in [3.05, 3.63) is 29.6 Å². The monoisotopic (exact) mass is 237 g/mol. The molecule has 3 heteroatoms. The number of hydrogen-bond acceptors (Lipinski definition) is 2. The van der Waals surface area contributed by atoms with Gasteiger partial charge >= 0.3 is 0 Å². The quantitative estimate of drug-likeness (QED) is 0.843. The van der Waals surface area contributed by atoms with Gasteiger partial charge in [-0.25, -0.2) is 4.39 Å². The molecule has 0 heterocycles. The fraction of sp³-hybridized carbons (Fsp3) is 0.571. The molecule has 1 unspecified atom stereocenters. The second-order valence-electron chi connectivity index (χ2n) is 4.93. The summed E-state index contributed by atoms with van der Waals surface area (Å²) in [5.41, 5.74) is 0.649. The second-order valence-corrected chi connectivity index (χ2v) is 4.93. The lowest BCUT2D eigenvalue weighted by Gasteiger charge is -2.27. The summed E-state index contributed by atoms with van der Waals surface area (Å²) in [6.45, 7) is 1.98. The highest BCUT2D eigenvalue weighted by molar-refractivity contribution is 5.34. The van der Waals surface area contributed by atoms with Crippen molar-refractivity contribution >= 4 is 0 Å². The fourth-order valence-corrected chi connectivity index (χ4v) is 2.58. The van der Waals surface area contributed by atoms with Crippen LogP contribution in [-0.4, -0.2) is 11.1 Å². The lowest BCUT2D eigenvalue weighted by Crippen LogP contribution is -2.33. The van der Waals surface area contributed by atoms with Crippen LogP contribution in [0.4, 0.5) is 4.39 Å². The van der Waals surface area contributed by atoms with Crippen LogP contribution in [0.15, 0.2) is 18.2 Å². The van der Waals surface area contributed by atoms with E-state index in [4.69, 9.17) is 0 Å². The van der Waals surface area contributed by atoms with E-state index in [2.05, 4.69) is 5.32 Å². The molecule has 2 nitrogen and oxygen atoms in total. The number of hydrogen-bond donors (Lipinski definition) is 2. The zero-order chi connectivity index (χ0) is 12.3. The van der Waals surface area contributed by atoms with Gasteiger partial charge in [0, 0.05) is 17.6 Å². The molecule has 0 amide bonds. The van der Waals surface area contributed by atoms with Crippen LogP contribution in [0, 0.1) is 5.82 Å². The average Bonchev–Trinajstić information content (AvgIpc) is 2.33. The fourth-order valence-electron chi connectivity index (χ4n) is 2.58. The van der Waals surface area contributed by atoms with Crippen LogP contribution in [-0.2, 0) is 0 Å². The van der Waals surface area contributed by atoms with Crippen molar-refractivity contribution in [2.45, 2.75) is 51.1 Å². The zero-order valence-electron chi connectivity index (χ0n) is 10.2. The van der Waals surface area contributed by atoms with E-state index >= 15 is 0 Å². The van der Waals surface area contributed by atoms with Gasteiger partial charge in [-0.3, -0.25) is 0 Å². The molecule has 1 aliphatic rings. The molecule has 1 aromatic carbocycles. The highest BCUT2D eigenvalue weighted by atomic mass is 19.1. The topological polar surface area (TPSA) is 32.3 Å². The number of phenolic OH excluding ortho intramolecular Hbond substituents is 1. The molecule has 1 atom stereocenters. The van der Waals surface area contributed by atoms with E-state index in [1.54, 1.807) is 0 Å². The van der Waals surface area contributed by atoms with Gasteiger partial charge in [0.05, 0.1) is 0 Å². The van der Waals surface area contributed by atoms with E-state index in [0.717, 1.165) is 0 Å². The maximum atomic E-state index is 13.1. The van der Waals surface area contributed by atoms with E-state index in [0.29, 0.717) is 11.6 Å². The summed E-state index contributed by atoms with van der Waals surface area (Å²) in [7, 11) is 0. The third-order valence-electron chi connectivity index (χ3n) is 3.55. The summed E-state index contributed by atoms with van der Waals surface area (Å²) in [6, 6.07) is 4.61. The summed E-state index contributed by atoms with van der Waals surface area (Å²) in [4.78, 5) is 0. The molecule has 0 radical (unpaired) electrons. The van der Waals surface area contributed by atoms with Crippen molar-refractivity contribution in [3.63, 3.8) is 0 Å². The van der Waals surface area contributed by atoms with Gasteiger partial charge in [0.15, 0.2) is 0 Å². The lowest BCUT2D eigenvalue weighted by molar-refractivity contribution is 0.341. The second kappa shape index (κ2) is 5.50. The first-order valence-corrected chi connectivity index (χ1v) is 6.41. The van der Waals surface area contributed by atoms with Crippen molar-refractivity contribution < 1.29 is 9.50 Å². The Morgan fingerprint density at radius 3 is 2.71 bits per heavy atom. The minimum Gasteiger partial charge on any atom is -0.508 e. The van der Waals surface area contributed by atoms with Crippen LogP contribution in [0.2, 0.25) is 0 Å². The minimum atomic E-state index is -0.296. The van der Waals surface area contributed by atoms with Crippen LogP contribution in [0.5, 0.6) is 5.75 Å². The van der Waals surface area contributed by atoms with Gasteiger partial charge in [0.1, 0.15) is 11.6 Å². The third-order valence-corrected chi connectivity index (χ3v) is 3.55. The first-order chi connectivity index (χ1) is 8.16. The molecule has 2 rings (SSSR count). The number of aromatic hydroxyl groups is 1. The summed E-state index contributed by atoms with van der Waals surface area (Å²) < 4.78 is 13.1. The number of phenols is 1. The Balaban J connectivity index is 2.02. The summed E-state index contributed by atoms with van der Waals surface area (Å²) >= 11 is 0. The molecule has 0 aromatic heterocycles. The van der Waals surface area contributed by atoms with Crippen molar-refractivity contribution in [3.8, 4) is 5.75 Å². The predicted molar refractivity (Wildman–Crippen MR) is 66.5 cm³/mol. The zero-order valence-corrected chi connectivity index (χ0v) is 10.2. The Hall–Kier alpha value is -1.09. The molecule has 0 aliphatic heterocycles. The highest BCUT2D eigenvalue weighted by Gasteiger charge is 2.18. The predicted octanol–water partition coefficient (Wildman–Crippen LogP) is 3.51. The van der Waals surface area contributed by atoms with Crippen LogP contribution in [0.1, 0.15) is 50.6 Å². The molecule has 17 heavy (non-hydrogen) atoms. The van der Waals surface area contributed by atoms with Crippen LogP contribution in [0.3, 0.4) is 0 Å². The van der Waals surface area contributed by atoms with Crippen molar-refractivity contribution in [2.24, 2.45) is 0 Å². The summed E-state index contributed by atoms with van der Waals surface area (Å²) in [5, 5.41) is 13.2. The maximum Gasteiger partial charge on any atom is 0.123 e. The summed E-state index contributed by atoms with van der Waals surface area (Å²) in [6.07, 6.45) is 6.21. The largest absolute Gasteiger partial charge is 0.508 e. The molecule has 0 spiro atoms. The van der Waals surface area contributed by atoms with Crippen LogP contribution < -0.4 is 5.32 Å².